The molecule has 0 aliphatic carbocycles. The average Bonchev–Trinajstić information content (AvgIpc) is 3.01. The Kier molecular flexibility index (Phi) is 18.6. The van der Waals surface area contributed by atoms with Gasteiger partial charge in [0.2, 0.25) is 0 Å². The molecule has 0 saturated heterocycles. The van der Waals surface area contributed by atoms with E-state index in [1.165, 1.54) is 13.0 Å². The summed E-state index contributed by atoms with van der Waals surface area (Å²) in [5.74, 6) is -2.82. The normalized spacial score (nSPS) is 10.8. The molecule has 0 radical (unpaired) electrons. The van der Waals surface area contributed by atoms with Crippen molar-refractivity contribution in [2.45, 2.75) is 67.1 Å². The minimum absolute atomic E-state index is 0.0479. The maximum Gasteiger partial charge on any atom is 0.338 e. The summed E-state index contributed by atoms with van der Waals surface area (Å²) in [6.07, 6.45) is -0.658. The number of Topliss-reactive ketones (excluding diaryl/α,β-unsaturated/α-hetero) is 1. The van der Waals surface area contributed by atoms with Crippen molar-refractivity contribution in [3.63, 3.8) is 0 Å². The number of aryl methyl sites for hydroxylation is 3. The predicted octanol–water partition coefficient (Wildman–Crippen LogP) is 6.84. The van der Waals surface area contributed by atoms with Crippen LogP contribution >= 0.6 is 0 Å². The van der Waals surface area contributed by atoms with Crippen molar-refractivity contribution < 1.29 is 38.9 Å². The third-order valence-corrected chi connectivity index (χ3v) is 5.62. The number of carboxylic acids is 2. The number of ether oxygens (including phenoxy) is 2. The summed E-state index contributed by atoms with van der Waals surface area (Å²) in [6, 6.07) is 22.1. The Morgan fingerprint density at radius 1 is 0.721 bits per heavy atom. The lowest BCUT2D eigenvalue weighted by Gasteiger charge is -2.19. The van der Waals surface area contributed by atoms with Crippen molar-refractivity contribution >= 4 is 23.7 Å². The second-order valence-electron chi connectivity index (χ2n) is 9.09. The summed E-state index contributed by atoms with van der Waals surface area (Å²) in [4.78, 5) is 43.6. The van der Waals surface area contributed by atoms with Crippen LogP contribution in [0.5, 0.6) is 0 Å². The predicted molar refractivity (Wildman–Crippen MR) is 164 cm³/mol. The minimum Gasteiger partial charge on any atom is -0.478 e. The summed E-state index contributed by atoms with van der Waals surface area (Å²) in [7, 11) is 0. The number of aromatic carboxylic acids is 2. The molecule has 0 aliphatic rings. The van der Waals surface area contributed by atoms with Gasteiger partial charge < -0.3 is 19.7 Å². The van der Waals surface area contributed by atoms with Gasteiger partial charge >= 0.3 is 17.9 Å². The number of nitriles is 1. The van der Waals surface area contributed by atoms with Gasteiger partial charge in [-0.2, -0.15) is 5.26 Å². The van der Waals surface area contributed by atoms with E-state index in [0.29, 0.717) is 23.1 Å². The number of benzene rings is 3. The molecule has 2 atom stereocenters. The molecule has 0 aliphatic heterocycles. The molecule has 0 saturated carbocycles. The molecule has 3 aromatic rings. The van der Waals surface area contributed by atoms with E-state index < -0.39 is 35.9 Å². The van der Waals surface area contributed by atoms with Gasteiger partial charge in [0.05, 0.1) is 22.8 Å². The van der Waals surface area contributed by atoms with Crippen molar-refractivity contribution in [2.24, 2.45) is 0 Å². The highest BCUT2D eigenvalue weighted by Crippen LogP contribution is 2.09. The van der Waals surface area contributed by atoms with E-state index in [2.05, 4.69) is 0 Å². The first-order valence-corrected chi connectivity index (χ1v) is 13.8. The van der Waals surface area contributed by atoms with Gasteiger partial charge in [-0.15, -0.1) is 0 Å². The first-order valence-electron chi connectivity index (χ1n) is 13.8. The molecule has 0 amide bonds. The highest BCUT2D eigenvalue weighted by Gasteiger charge is 2.19. The quantitative estimate of drug-likeness (QED) is 0.201. The van der Waals surface area contributed by atoms with E-state index in [1.807, 2.05) is 53.7 Å². The van der Waals surface area contributed by atoms with Crippen LogP contribution in [-0.4, -0.2) is 52.7 Å². The lowest BCUT2D eigenvalue weighted by molar-refractivity contribution is -0.129. The van der Waals surface area contributed by atoms with Crippen molar-refractivity contribution in [1.29, 1.82) is 5.26 Å². The van der Waals surface area contributed by atoms with Crippen LogP contribution in [0, 0.1) is 32.1 Å². The standard InChI is InChI=1S/C16H19NO4.2C8H8O2.C2H6/c1-4-14(21-12(3)15(18)9-17)10-20-16(19)13-7-5-11(2)6-8-13;2*1-6-2-4-7(5-3-6)8(9)10;1-2/h5-8,12,14H,4,10H2,1-3H3;2*2-5H,1H3,(H,9,10);1-2H3/t12-,14+;;;/m1.../s1. The largest absolute Gasteiger partial charge is 0.478 e. The lowest BCUT2D eigenvalue weighted by Crippen LogP contribution is -2.29. The fraction of sp³-hybridized carbons (Fsp3) is 0.324. The maximum absolute atomic E-state index is 11.9. The molecule has 0 unspecified atom stereocenters. The van der Waals surface area contributed by atoms with E-state index >= 15 is 0 Å². The second kappa shape index (κ2) is 21.0. The fourth-order valence-electron chi connectivity index (χ4n) is 3.03. The Labute approximate surface area is 253 Å². The van der Waals surface area contributed by atoms with E-state index in [0.717, 1.165) is 16.7 Å². The Bertz CT molecular complexity index is 1270. The van der Waals surface area contributed by atoms with Crippen LogP contribution in [0.15, 0.2) is 72.8 Å². The lowest BCUT2D eigenvalue weighted by atomic mass is 10.1. The van der Waals surface area contributed by atoms with Crippen LogP contribution in [-0.2, 0) is 14.3 Å². The van der Waals surface area contributed by atoms with Gasteiger partial charge in [0.15, 0.2) is 0 Å². The Hall–Kier alpha value is -4.81. The van der Waals surface area contributed by atoms with Crippen molar-refractivity contribution in [1.82, 2.24) is 0 Å². The van der Waals surface area contributed by atoms with Crippen LogP contribution in [0.2, 0.25) is 0 Å². The first-order chi connectivity index (χ1) is 20.4. The third kappa shape index (κ3) is 15.7. The van der Waals surface area contributed by atoms with Gasteiger partial charge in [0.1, 0.15) is 18.8 Å². The molecule has 230 valence electrons. The molecule has 0 bridgehead atoms. The first kappa shape index (κ1) is 38.2. The third-order valence-electron chi connectivity index (χ3n) is 5.62. The van der Waals surface area contributed by atoms with Crippen molar-refractivity contribution in [2.75, 3.05) is 6.61 Å². The number of carbonyl (C=O) groups excluding carboxylic acids is 2. The maximum atomic E-state index is 11.9. The van der Waals surface area contributed by atoms with Crippen molar-refractivity contribution in [3.8, 4) is 6.07 Å². The zero-order valence-electron chi connectivity index (χ0n) is 25.8. The van der Waals surface area contributed by atoms with Crippen LogP contribution in [0.3, 0.4) is 0 Å². The molecule has 0 aromatic heterocycles. The molecule has 3 rings (SSSR count). The van der Waals surface area contributed by atoms with Gasteiger partial charge in [-0.1, -0.05) is 73.9 Å². The molecule has 0 fully saturated rings. The molecule has 9 nitrogen and oxygen atoms in total. The molecule has 3 aromatic carbocycles. The van der Waals surface area contributed by atoms with Gasteiger partial charge in [0, 0.05) is 0 Å². The van der Waals surface area contributed by atoms with Gasteiger partial charge in [-0.05, 0) is 70.5 Å². The summed E-state index contributed by atoms with van der Waals surface area (Å²) in [6.45, 7) is 13.2. The Morgan fingerprint density at radius 2 is 1.07 bits per heavy atom. The van der Waals surface area contributed by atoms with Crippen LogP contribution < -0.4 is 0 Å². The molecule has 0 heterocycles. The number of hydrogen-bond donors (Lipinski definition) is 2. The van der Waals surface area contributed by atoms with E-state index in [-0.39, 0.29) is 6.61 Å². The molecular formula is C34H41NO8. The number of carboxylic acid groups (broad SMARTS) is 2. The smallest absolute Gasteiger partial charge is 0.338 e. The highest BCUT2D eigenvalue weighted by molar-refractivity contribution is 5.96. The summed E-state index contributed by atoms with van der Waals surface area (Å²) in [5, 5.41) is 25.5. The van der Waals surface area contributed by atoms with E-state index in [9.17, 15) is 19.2 Å². The fourth-order valence-corrected chi connectivity index (χ4v) is 3.03. The van der Waals surface area contributed by atoms with Gasteiger partial charge in [-0.25, -0.2) is 14.4 Å². The summed E-state index contributed by atoms with van der Waals surface area (Å²) in [5.41, 5.74) is 4.35. The zero-order chi connectivity index (χ0) is 32.9. The number of ketones is 1. The van der Waals surface area contributed by atoms with Crippen LogP contribution in [0.25, 0.3) is 0 Å². The van der Waals surface area contributed by atoms with E-state index in [1.54, 1.807) is 60.7 Å². The average molecular weight is 592 g/mol. The number of rotatable bonds is 9. The van der Waals surface area contributed by atoms with E-state index in [4.69, 9.17) is 24.9 Å². The molecule has 43 heavy (non-hydrogen) atoms. The van der Waals surface area contributed by atoms with Crippen molar-refractivity contribution in [3.05, 3.63) is 106 Å². The SMILES string of the molecule is CC.CC[C@@H](COC(=O)c1ccc(C)cc1)O[C@H](C)C(=O)C#N.Cc1ccc(C(=O)O)cc1.Cc1ccc(C(=O)O)cc1. The highest BCUT2D eigenvalue weighted by atomic mass is 16.6. The zero-order valence-corrected chi connectivity index (χ0v) is 25.8. The topological polar surface area (TPSA) is 151 Å². The number of esters is 1. The van der Waals surface area contributed by atoms with Gasteiger partial charge in [-0.3, -0.25) is 4.79 Å². The Balaban J connectivity index is 0.000000666. The summed E-state index contributed by atoms with van der Waals surface area (Å²) >= 11 is 0. The van der Waals surface area contributed by atoms with Gasteiger partial charge in [0.25, 0.3) is 5.78 Å². The molecular weight excluding hydrogens is 550 g/mol. The molecule has 9 heteroatoms. The Morgan fingerprint density at radius 3 is 1.37 bits per heavy atom. The monoisotopic (exact) mass is 591 g/mol. The minimum atomic E-state index is -0.875. The molecule has 0 spiro atoms. The number of carbonyl (C=O) groups is 4. The summed E-state index contributed by atoms with van der Waals surface area (Å²) < 4.78 is 10.6. The second-order valence-corrected chi connectivity index (χ2v) is 9.09. The van der Waals surface area contributed by atoms with Crippen LogP contribution in [0.1, 0.15) is 81.9 Å². The number of nitrogens with zero attached hydrogens (tertiary/aromatic N) is 1. The number of hydrogen-bond acceptors (Lipinski definition) is 7. The molecule has 2 N–H and O–H groups in total. The van der Waals surface area contributed by atoms with Crippen LogP contribution in [0.4, 0.5) is 0 Å².